The summed E-state index contributed by atoms with van der Waals surface area (Å²) in [6, 6.07) is 6.22. The maximum absolute atomic E-state index is 11.9. The number of hydrogen-bond donors (Lipinski definition) is 0. The number of ether oxygens (including phenoxy) is 1. The summed E-state index contributed by atoms with van der Waals surface area (Å²) in [4.78, 5) is 24.7. The first-order valence-corrected chi connectivity index (χ1v) is 8.71. The van der Waals surface area contributed by atoms with Gasteiger partial charge in [0, 0.05) is 29.3 Å². The molecule has 0 saturated carbocycles. The van der Waals surface area contributed by atoms with Crippen molar-refractivity contribution in [2.24, 2.45) is 0 Å². The SMILES string of the molecule is CCOC(=O)c1ccc(N2CC(S(=O)(=O)Cl)CC2=O)cc1. The van der Waals surface area contributed by atoms with Gasteiger partial charge in [-0.15, -0.1) is 0 Å². The van der Waals surface area contributed by atoms with E-state index in [0.717, 1.165) is 0 Å². The molecule has 1 fully saturated rings. The molecule has 0 aromatic heterocycles. The second-order valence-corrected chi connectivity index (χ2v) is 7.48. The Labute approximate surface area is 127 Å². The van der Waals surface area contributed by atoms with Crippen LogP contribution in [0.4, 0.5) is 5.69 Å². The van der Waals surface area contributed by atoms with E-state index in [2.05, 4.69) is 0 Å². The fourth-order valence-corrected chi connectivity index (χ4v) is 3.13. The molecule has 1 aliphatic heterocycles. The number of hydrogen-bond acceptors (Lipinski definition) is 5. The van der Waals surface area contributed by atoms with Gasteiger partial charge in [0.25, 0.3) is 0 Å². The monoisotopic (exact) mass is 331 g/mol. The van der Waals surface area contributed by atoms with Gasteiger partial charge in [0.05, 0.1) is 12.2 Å². The molecule has 1 unspecified atom stereocenters. The van der Waals surface area contributed by atoms with Crippen molar-refractivity contribution in [2.45, 2.75) is 18.6 Å². The van der Waals surface area contributed by atoms with Gasteiger partial charge in [-0.2, -0.15) is 0 Å². The van der Waals surface area contributed by atoms with Crippen LogP contribution in [0.5, 0.6) is 0 Å². The Kier molecular flexibility index (Phi) is 4.53. The molecular formula is C13H14ClNO5S. The highest BCUT2D eigenvalue weighted by Crippen LogP contribution is 2.27. The van der Waals surface area contributed by atoms with Crippen molar-refractivity contribution in [1.82, 2.24) is 0 Å². The number of carbonyl (C=O) groups is 2. The molecule has 0 aliphatic carbocycles. The Morgan fingerprint density at radius 1 is 1.38 bits per heavy atom. The fraction of sp³-hybridized carbons (Fsp3) is 0.385. The molecule has 0 radical (unpaired) electrons. The van der Waals surface area contributed by atoms with E-state index in [-0.39, 0.29) is 25.5 Å². The first-order valence-electron chi connectivity index (χ1n) is 6.34. The summed E-state index contributed by atoms with van der Waals surface area (Å²) in [6.45, 7) is 2.01. The average molecular weight is 332 g/mol. The van der Waals surface area contributed by atoms with Crippen LogP contribution in [0.2, 0.25) is 0 Å². The van der Waals surface area contributed by atoms with Crippen LogP contribution in [-0.4, -0.2) is 38.7 Å². The smallest absolute Gasteiger partial charge is 0.338 e. The second kappa shape index (κ2) is 6.03. The molecule has 21 heavy (non-hydrogen) atoms. The molecule has 1 atom stereocenters. The van der Waals surface area contributed by atoms with E-state index in [1.54, 1.807) is 19.1 Å². The van der Waals surface area contributed by atoms with Crippen molar-refractivity contribution >= 4 is 37.3 Å². The quantitative estimate of drug-likeness (QED) is 0.617. The van der Waals surface area contributed by atoms with Crippen molar-refractivity contribution in [3.05, 3.63) is 29.8 Å². The van der Waals surface area contributed by atoms with E-state index in [1.165, 1.54) is 17.0 Å². The summed E-state index contributed by atoms with van der Waals surface area (Å²) in [7, 11) is 1.52. The van der Waals surface area contributed by atoms with Crippen LogP contribution in [0, 0.1) is 0 Å². The zero-order valence-electron chi connectivity index (χ0n) is 11.3. The van der Waals surface area contributed by atoms with E-state index < -0.39 is 20.3 Å². The maximum Gasteiger partial charge on any atom is 0.338 e. The Bertz CT molecular complexity index is 656. The molecule has 1 heterocycles. The first-order chi connectivity index (χ1) is 9.82. The van der Waals surface area contributed by atoms with Crippen molar-refractivity contribution < 1.29 is 22.7 Å². The minimum atomic E-state index is -3.77. The number of amides is 1. The van der Waals surface area contributed by atoms with Gasteiger partial charge in [0.15, 0.2) is 0 Å². The van der Waals surface area contributed by atoms with Crippen LogP contribution in [0.1, 0.15) is 23.7 Å². The summed E-state index contributed by atoms with van der Waals surface area (Å²) in [6.07, 6.45) is -0.133. The third-order valence-electron chi connectivity index (χ3n) is 3.18. The molecule has 0 N–H and O–H groups in total. The van der Waals surface area contributed by atoms with Crippen LogP contribution in [-0.2, 0) is 18.6 Å². The van der Waals surface area contributed by atoms with Crippen molar-refractivity contribution in [3.63, 3.8) is 0 Å². The summed E-state index contributed by atoms with van der Waals surface area (Å²) in [5, 5.41) is -0.906. The average Bonchev–Trinajstić information content (AvgIpc) is 2.81. The Hall–Kier alpha value is -1.60. The lowest BCUT2D eigenvalue weighted by Gasteiger charge is -2.16. The molecule has 1 amide bonds. The van der Waals surface area contributed by atoms with E-state index in [1.807, 2.05) is 0 Å². The molecular weight excluding hydrogens is 318 g/mol. The minimum Gasteiger partial charge on any atom is -0.462 e. The third-order valence-corrected chi connectivity index (χ3v) is 5.05. The van der Waals surface area contributed by atoms with Gasteiger partial charge in [0.2, 0.25) is 15.0 Å². The van der Waals surface area contributed by atoms with Gasteiger partial charge >= 0.3 is 5.97 Å². The highest BCUT2D eigenvalue weighted by molar-refractivity contribution is 8.14. The summed E-state index contributed by atoms with van der Waals surface area (Å²) in [5.41, 5.74) is 0.893. The first kappa shape index (κ1) is 15.8. The van der Waals surface area contributed by atoms with Gasteiger partial charge in [-0.3, -0.25) is 4.79 Å². The summed E-state index contributed by atoms with van der Waals surface area (Å²) < 4.78 is 27.5. The van der Waals surface area contributed by atoms with Crippen LogP contribution in [0.15, 0.2) is 24.3 Å². The Morgan fingerprint density at radius 3 is 2.48 bits per heavy atom. The molecule has 114 valence electrons. The number of halogens is 1. The number of carbonyl (C=O) groups excluding carboxylic acids is 2. The third kappa shape index (κ3) is 3.54. The highest BCUT2D eigenvalue weighted by Gasteiger charge is 2.37. The largest absolute Gasteiger partial charge is 0.462 e. The minimum absolute atomic E-state index is 0.0173. The van der Waals surface area contributed by atoms with Crippen molar-refractivity contribution in [3.8, 4) is 0 Å². The topological polar surface area (TPSA) is 80.8 Å². The molecule has 1 aromatic carbocycles. The van der Waals surface area contributed by atoms with Gasteiger partial charge in [-0.25, -0.2) is 13.2 Å². The molecule has 0 bridgehead atoms. The van der Waals surface area contributed by atoms with Crippen LogP contribution < -0.4 is 4.90 Å². The summed E-state index contributed by atoms with van der Waals surface area (Å²) >= 11 is 0. The second-order valence-electron chi connectivity index (χ2n) is 4.57. The zero-order valence-corrected chi connectivity index (χ0v) is 12.9. The highest BCUT2D eigenvalue weighted by atomic mass is 35.7. The van der Waals surface area contributed by atoms with E-state index in [9.17, 15) is 18.0 Å². The summed E-state index contributed by atoms with van der Waals surface area (Å²) in [5.74, 6) is -0.758. The molecule has 6 nitrogen and oxygen atoms in total. The number of benzene rings is 1. The van der Waals surface area contributed by atoms with E-state index in [0.29, 0.717) is 11.3 Å². The van der Waals surface area contributed by atoms with Crippen LogP contribution in [0.25, 0.3) is 0 Å². The van der Waals surface area contributed by atoms with Gasteiger partial charge in [0.1, 0.15) is 5.25 Å². The molecule has 0 spiro atoms. The van der Waals surface area contributed by atoms with E-state index >= 15 is 0 Å². The predicted molar refractivity (Wildman–Crippen MR) is 77.9 cm³/mol. The van der Waals surface area contributed by atoms with E-state index in [4.69, 9.17) is 15.4 Å². The van der Waals surface area contributed by atoms with Crippen LogP contribution in [0.3, 0.4) is 0 Å². The molecule has 1 saturated heterocycles. The van der Waals surface area contributed by atoms with Gasteiger partial charge in [-0.05, 0) is 31.2 Å². The standard InChI is InChI=1S/C13H14ClNO5S/c1-2-20-13(17)9-3-5-10(6-4-9)15-8-11(7-12(15)16)21(14,18)19/h3-6,11H,2,7-8H2,1H3. The lowest BCUT2D eigenvalue weighted by molar-refractivity contribution is -0.117. The number of nitrogens with zero attached hydrogens (tertiary/aromatic N) is 1. The van der Waals surface area contributed by atoms with Gasteiger partial charge < -0.3 is 9.64 Å². The van der Waals surface area contributed by atoms with Crippen LogP contribution >= 0.6 is 10.7 Å². The zero-order chi connectivity index (χ0) is 15.6. The lowest BCUT2D eigenvalue weighted by Crippen LogP contribution is -2.26. The maximum atomic E-state index is 11.9. The Morgan fingerprint density at radius 2 is 2.00 bits per heavy atom. The normalized spacial score (nSPS) is 18.9. The molecule has 1 aliphatic rings. The molecule has 1 aromatic rings. The number of esters is 1. The number of rotatable bonds is 4. The fourth-order valence-electron chi connectivity index (χ4n) is 2.10. The van der Waals surface area contributed by atoms with Crippen molar-refractivity contribution in [1.29, 1.82) is 0 Å². The van der Waals surface area contributed by atoms with Crippen molar-refractivity contribution in [2.75, 3.05) is 18.1 Å². The van der Waals surface area contributed by atoms with Gasteiger partial charge in [-0.1, -0.05) is 0 Å². The molecule has 8 heteroatoms. The Balaban J connectivity index is 2.16. The number of anilines is 1. The predicted octanol–water partition coefficient (Wildman–Crippen LogP) is 1.54. The molecule has 2 rings (SSSR count). The lowest BCUT2D eigenvalue weighted by atomic mass is 10.2.